The SMILES string of the molecule is COCc1cccc(NC2CC(c3cccc(Br)c3)C2)c1. The van der Waals surface area contributed by atoms with E-state index in [0.717, 1.165) is 0 Å². The van der Waals surface area contributed by atoms with E-state index in [1.807, 2.05) is 0 Å². The first kappa shape index (κ1) is 14.6. The molecule has 1 aliphatic rings. The molecular formula is C18H20BrNO. The highest BCUT2D eigenvalue weighted by Gasteiger charge is 2.30. The van der Waals surface area contributed by atoms with Crippen LogP contribution in [0.3, 0.4) is 0 Å². The molecule has 3 rings (SSSR count). The van der Waals surface area contributed by atoms with Crippen molar-refractivity contribution in [2.45, 2.75) is 31.4 Å². The molecule has 0 aliphatic heterocycles. The van der Waals surface area contributed by atoms with Gasteiger partial charge in [-0.2, -0.15) is 0 Å². The summed E-state index contributed by atoms with van der Waals surface area (Å²) in [7, 11) is 1.73. The zero-order valence-electron chi connectivity index (χ0n) is 12.2. The predicted molar refractivity (Wildman–Crippen MR) is 90.7 cm³/mol. The second-order valence-electron chi connectivity index (χ2n) is 5.70. The molecule has 1 N–H and O–H groups in total. The maximum Gasteiger partial charge on any atom is 0.0713 e. The zero-order valence-corrected chi connectivity index (χ0v) is 13.8. The van der Waals surface area contributed by atoms with Crippen LogP contribution < -0.4 is 5.32 Å². The van der Waals surface area contributed by atoms with Crippen LogP contribution in [0, 0.1) is 0 Å². The summed E-state index contributed by atoms with van der Waals surface area (Å²) in [4.78, 5) is 0. The molecule has 110 valence electrons. The number of hydrogen-bond acceptors (Lipinski definition) is 2. The van der Waals surface area contributed by atoms with Crippen LogP contribution in [0.25, 0.3) is 0 Å². The number of benzene rings is 2. The third kappa shape index (κ3) is 3.66. The monoisotopic (exact) mass is 345 g/mol. The number of anilines is 1. The Labute approximate surface area is 134 Å². The van der Waals surface area contributed by atoms with Crippen LogP contribution in [0.2, 0.25) is 0 Å². The van der Waals surface area contributed by atoms with E-state index in [4.69, 9.17) is 4.74 Å². The Morgan fingerprint density at radius 3 is 2.71 bits per heavy atom. The van der Waals surface area contributed by atoms with Crippen LogP contribution in [0.5, 0.6) is 0 Å². The number of methoxy groups -OCH3 is 1. The van der Waals surface area contributed by atoms with Crippen LogP contribution in [-0.4, -0.2) is 13.2 Å². The molecule has 0 unspecified atom stereocenters. The lowest BCUT2D eigenvalue weighted by molar-refractivity contribution is 0.185. The van der Waals surface area contributed by atoms with E-state index in [9.17, 15) is 0 Å². The first-order valence-electron chi connectivity index (χ1n) is 7.34. The van der Waals surface area contributed by atoms with Gasteiger partial charge in [-0.3, -0.25) is 0 Å². The lowest BCUT2D eigenvalue weighted by Crippen LogP contribution is -2.34. The highest BCUT2D eigenvalue weighted by molar-refractivity contribution is 9.10. The molecule has 1 fully saturated rings. The van der Waals surface area contributed by atoms with Crippen molar-refractivity contribution in [2.75, 3.05) is 12.4 Å². The molecule has 0 bridgehead atoms. The molecule has 0 amide bonds. The lowest BCUT2D eigenvalue weighted by Gasteiger charge is -2.37. The molecule has 0 atom stereocenters. The van der Waals surface area contributed by atoms with Crippen molar-refractivity contribution < 1.29 is 4.74 Å². The Morgan fingerprint density at radius 2 is 1.95 bits per heavy atom. The molecule has 2 aromatic carbocycles. The summed E-state index contributed by atoms with van der Waals surface area (Å²) in [5, 5.41) is 3.62. The summed E-state index contributed by atoms with van der Waals surface area (Å²) < 4.78 is 6.35. The summed E-state index contributed by atoms with van der Waals surface area (Å²) in [6.07, 6.45) is 2.40. The van der Waals surface area contributed by atoms with Crippen molar-refractivity contribution in [3.63, 3.8) is 0 Å². The lowest BCUT2D eigenvalue weighted by atomic mass is 9.76. The van der Waals surface area contributed by atoms with E-state index >= 15 is 0 Å². The first-order valence-corrected chi connectivity index (χ1v) is 8.14. The van der Waals surface area contributed by atoms with Gasteiger partial charge in [0, 0.05) is 23.3 Å². The van der Waals surface area contributed by atoms with Gasteiger partial charge >= 0.3 is 0 Å². The minimum atomic E-state index is 0.576. The molecule has 0 spiro atoms. The zero-order chi connectivity index (χ0) is 14.7. The number of nitrogens with one attached hydrogen (secondary N) is 1. The van der Waals surface area contributed by atoms with Gasteiger partial charge in [-0.25, -0.2) is 0 Å². The third-order valence-electron chi connectivity index (χ3n) is 4.07. The summed E-state index contributed by atoms with van der Waals surface area (Å²) >= 11 is 3.55. The molecule has 2 nitrogen and oxygen atoms in total. The van der Waals surface area contributed by atoms with Gasteiger partial charge in [0.15, 0.2) is 0 Å². The molecule has 0 saturated heterocycles. The van der Waals surface area contributed by atoms with Crippen LogP contribution in [0.4, 0.5) is 5.69 Å². The van der Waals surface area contributed by atoms with E-state index < -0.39 is 0 Å². The van der Waals surface area contributed by atoms with E-state index in [0.29, 0.717) is 18.6 Å². The largest absolute Gasteiger partial charge is 0.382 e. The highest BCUT2D eigenvalue weighted by Crippen LogP contribution is 2.39. The summed E-state index contributed by atoms with van der Waals surface area (Å²) in [6, 6.07) is 17.7. The van der Waals surface area contributed by atoms with E-state index in [2.05, 4.69) is 69.8 Å². The van der Waals surface area contributed by atoms with Gasteiger partial charge in [0.05, 0.1) is 6.61 Å². The van der Waals surface area contributed by atoms with Crippen molar-refractivity contribution in [1.82, 2.24) is 0 Å². The smallest absolute Gasteiger partial charge is 0.0713 e. The Kier molecular flexibility index (Phi) is 4.61. The van der Waals surface area contributed by atoms with E-state index in [-0.39, 0.29) is 0 Å². The molecule has 0 heterocycles. The van der Waals surface area contributed by atoms with Crippen LogP contribution in [0.1, 0.15) is 29.9 Å². The van der Waals surface area contributed by atoms with Crippen molar-refractivity contribution in [1.29, 1.82) is 0 Å². The van der Waals surface area contributed by atoms with Gasteiger partial charge in [-0.05, 0) is 54.2 Å². The van der Waals surface area contributed by atoms with Crippen molar-refractivity contribution in [3.8, 4) is 0 Å². The molecular weight excluding hydrogens is 326 g/mol. The van der Waals surface area contributed by atoms with Gasteiger partial charge in [0.1, 0.15) is 0 Å². The maximum atomic E-state index is 5.18. The maximum absolute atomic E-state index is 5.18. The average Bonchev–Trinajstić information content (AvgIpc) is 2.43. The summed E-state index contributed by atoms with van der Waals surface area (Å²) in [5.74, 6) is 0.683. The molecule has 2 aromatic rings. The Hall–Kier alpha value is -1.32. The van der Waals surface area contributed by atoms with Crippen molar-refractivity contribution in [2.24, 2.45) is 0 Å². The molecule has 0 aromatic heterocycles. The fraction of sp³-hybridized carbons (Fsp3) is 0.333. The van der Waals surface area contributed by atoms with E-state index in [1.54, 1.807) is 7.11 Å². The number of ether oxygens (including phenoxy) is 1. The van der Waals surface area contributed by atoms with Gasteiger partial charge in [-0.15, -0.1) is 0 Å². The summed E-state index contributed by atoms with van der Waals surface area (Å²) in [5.41, 5.74) is 3.85. The highest BCUT2D eigenvalue weighted by atomic mass is 79.9. The minimum absolute atomic E-state index is 0.576. The van der Waals surface area contributed by atoms with Crippen molar-refractivity contribution >= 4 is 21.6 Å². The second kappa shape index (κ2) is 6.63. The molecule has 21 heavy (non-hydrogen) atoms. The fourth-order valence-corrected chi connectivity index (χ4v) is 3.34. The first-order chi connectivity index (χ1) is 10.2. The Balaban J connectivity index is 1.56. The van der Waals surface area contributed by atoms with E-state index in [1.165, 1.54) is 34.1 Å². The van der Waals surface area contributed by atoms with Crippen LogP contribution in [-0.2, 0) is 11.3 Å². The predicted octanol–water partition coefficient (Wildman–Crippen LogP) is 4.95. The van der Waals surface area contributed by atoms with Gasteiger partial charge in [-0.1, -0.05) is 40.2 Å². The number of hydrogen-bond donors (Lipinski definition) is 1. The van der Waals surface area contributed by atoms with Gasteiger partial charge in [0.25, 0.3) is 0 Å². The molecule has 1 saturated carbocycles. The third-order valence-corrected chi connectivity index (χ3v) is 4.56. The van der Waals surface area contributed by atoms with Crippen LogP contribution in [0.15, 0.2) is 53.0 Å². The quantitative estimate of drug-likeness (QED) is 0.827. The van der Waals surface area contributed by atoms with Gasteiger partial charge in [0.2, 0.25) is 0 Å². The number of rotatable bonds is 5. The van der Waals surface area contributed by atoms with Crippen LogP contribution >= 0.6 is 15.9 Å². The van der Waals surface area contributed by atoms with Crippen molar-refractivity contribution in [3.05, 3.63) is 64.1 Å². The molecule has 3 heteroatoms. The fourth-order valence-electron chi connectivity index (χ4n) is 2.92. The average molecular weight is 346 g/mol. The molecule has 1 aliphatic carbocycles. The standard InChI is InChI=1S/C18H20BrNO/c1-21-12-13-4-2-7-17(8-13)20-18-10-15(11-18)14-5-3-6-16(19)9-14/h2-9,15,18,20H,10-12H2,1H3. The Bertz CT molecular complexity index is 608. The summed E-state index contributed by atoms with van der Waals surface area (Å²) in [6.45, 7) is 0.668. The molecule has 0 radical (unpaired) electrons. The topological polar surface area (TPSA) is 21.3 Å². The van der Waals surface area contributed by atoms with Gasteiger partial charge < -0.3 is 10.1 Å². The normalized spacial score (nSPS) is 20.9. The minimum Gasteiger partial charge on any atom is -0.382 e. The second-order valence-corrected chi connectivity index (χ2v) is 6.61. The number of halogens is 1. The Morgan fingerprint density at radius 1 is 1.14 bits per heavy atom.